The first kappa shape index (κ1) is 18.4. The second-order valence-corrected chi connectivity index (χ2v) is 7.73. The van der Waals surface area contributed by atoms with Crippen LogP contribution < -0.4 is 5.32 Å². The summed E-state index contributed by atoms with van der Waals surface area (Å²) in [6, 6.07) is 8.01. The summed E-state index contributed by atoms with van der Waals surface area (Å²) in [6.07, 6.45) is 8.07. The minimum Gasteiger partial charge on any atom is -0.367 e. The minimum atomic E-state index is 0.228. The van der Waals surface area contributed by atoms with Gasteiger partial charge in [-0.3, -0.25) is 9.78 Å². The number of nitrogens with one attached hydrogen (secondary N) is 1. The van der Waals surface area contributed by atoms with Crippen LogP contribution in [0.3, 0.4) is 0 Å². The zero-order valence-electron chi connectivity index (χ0n) is 16.4. The lowest BCUT2D eigenvalue weighted by atomic mass is 10.1. The molecule has 7 heteroatoms. The van der Waals surface area contributed by atoms with Gasteiger partial charge in [-0.15, -0.1) is 5.10 Å². The van der Waals surface area contributed by atoms with Gasteiger partial charge in [-0.25, -0.2) is 9.50 Å². The van der Waals surface area contributed by atoms with E-state index >= 15 is 0 Å². The first-order valence-electron chi connectivity index (χ1n) is 9.90. The third kappa shape index (κ3) is 3.83. The number of imidazole rings is 1. The number of fused-ring (bicyclic) bond motifs is 1. The Morgan fingerprint density at radius 1 is 1.25 bits per heavy atom. The number of pyridine rings is 1. The highest BCUT2D eigenvalue weighted by molar-refractivity contribution is 5.77. The van der Waals surface area contributed by atoms with E-state index in [9.17, 15) is 4.79 Å². The molecular formula is C21H26N6O. The van der Waals surface area contributed by atoms with Crippen LogP contribution in [-0.4, -0.2) is 49.5 Å². The first-order valence-corrected chi connectivity index (χ1v) is 9.90. The molecule has 1 N–H and O–H groups in total. The third-order valence-electron chi connectivity index (χ3n) is 5.14. The van der Waals surface area contributed by atoms with Crippen LogP contribution in [0.4, 0.5) is 5.82 Å². The molecule has 1 atom stereocenters. The predicted octanol–water partition coefficient (Wildman–Crippen LogP) is 3.24. The zero-order valence-corrected chi connectivity index (χ0v) is 16.4. The number of nitrogens with zero attached hydrogens (tertiary/aromatic N) is 5. The van der Waals surface area contributed by atoms with Crippen molar-refractivity contribution in [3.8, 4) is 11.3 Å². The van der Waals surface area contributed by atoms with E-state index < -0.39 is 0 Å². The van der Waals surface area contributed by atoms with Crippen LogP contribution in [0.25, 0.3) is 16.9 Å². The molecular weight excluding hydrogens is 352 g/mol. The summed E-state index contributed by atoms with van der Waals surface area (Å²) in [5.41, 5.74) is 2.75. The molecule has 0 unspecified atom stereocenters. The maximum Gasteiger partial charge on any atom is 0.223 e. The lowest BCUT2D eigenvalue weighted by Gasteiger charge is -2.26. The van der Waals surface area contributed by atoms with Gasteiger partial charge in [0.05, 0.1) is 11.9 Å². The van der Waals surface area contributed by atoms with Gasteiger partial charge in [0, 0.05) is 43.5 Å². The van der Waals surface area contributed by atoms with Crippen LogP contribution in [0.5, 0.6) is 0 Å². The van der Waals surface area contributed by atoms with Crippen LogP contribution in [-0.2, 0) is 4.79 Å². The van der Waals surface area contributed by atoms with E-state index in [1.807, 2.05) is 39.9 Å². The van der Waals surface area contributed by atoms with Crippen molar-refractivity contribution in [1.29, 1.82) is 0 Å². The van der Waals surface area contributed by atoms with Crippen molar-refractivity contribution in [3.05, 3.63) is 42.9 Å². The van der Waals surface area contributed by atoms with Gasteiger partial charge < -0.3 is 10.2 Å². The predicted molar refractivity (Wildman–Crippen MR) is 109 cm³/mol. The lowest BCUT2D eigenvalue weighted by Crippen LogP contribution is -2.40. The third-order valence-corrected chi connectivity index (χ3v) is 5.14. The Morgan fingerprint density at radius 2 is 2.07 bits per heavy atom. The van der Waals surface area contributed by atoms with Gasteiger partial charge in [-0.2, -0.15) is 0 Å². The molecule has 1 aliphatic rings. The molecule has 1 saturated heterocycles. The molecule has 1 fully saturated rings. The molecule has 1 aliphatic heterocycles. The second kappa shape index (κ2) is 7.96. The number of rotatable bonds is 6. The van der Waals surface area contributed by atoms with Gasteiger partial charge in [-0.1, -0.05) is 13.8 Å². The van der Waals surface area contributed by atoms with Crippen LogP contribution in [0.2, 0.25) is 0 Å². The van der Waals surface area contributed by atoms with Crippen molar-refractivity contribution < 1.29 is 4.79 Å². The quantitative estimate of drug-likeness (QED) is 0.713. The number of hydrogen-bond acceptors (Lipinski definition) is 5. The Morgan fingerprint density at radius 3 is 2.86 bits per heavy atom. The summed E-state index contributed by atoms with van der Waals surface area (Å²) in [4.78, 5) is 23.0. The summed E-state index contributed by atoms with van der Waals surface area (Å²) >= 11 is 0. The Balaban J connectivity index is 1.48. The Labute approximate surface area is 164 Å². The number of aromatic nitrogens is 4. The monoisotopic (exact) mass is 378 g/mol. The minimum absolute atomic E-state index is 0.228. The maximum absolute atomic E-state index is 12.5. The number of likely N-dealkylation sites (tertiary alicyclic amines) is 1. The highest BCUT2D eigenvalue weighted by Gasteiger charge is 2.28. The van der Waals surface area contributed by atoms with Gasteiger partial charge in [0.2, 0.25) is 5.91 Å². The van der Waals surface area contributed by atoms with Gasteiger partial charge in [0.25, 0.3) is 0 Å². The molecule has 0 saturated carbocycles. The first-order chi connectivity index (χ1) is 13.6. The van der Waals surface area contributed by atoms with Crippen LogP contribution in [0.1, 0.15) is 33.1 Å². The van der Waals surface area contributed by atoms with Crippen molar-refractivity contribution in [2.45, 2.75) is 39.2 Å². The number of carbonyl (C=O) groups is 1. The Bertz CT molecular complexity index is 952. The summed E-state index contributed by atoms with van der Waals surface area (Å²) in [5.74, 6) is 1.43. The van der Waals surface area contributed by atoms with E-state index in [-0.39, 0.29) is 11.9 Å². The topological polar surface area (TPSA) is 75.4 Å². The largest absolute Gasteiger partial charge is 0.367 e. The fraction of sp³-hybridized carbons (Fsp3) is 0.429. The SMILES string of the molecule is CC(C)CC(=O)N1CCC[C@H]1CNc1ccc2ncc(-c3ccncc3)n2n1. The summed E-state index contributed by atoms with van der Waals surface area (Å²) in [7, 11) is 0. The zero-order chi connectivity index (χ0) is 19.5. The van der Waals surface area contributed by atoms with Gasteiger partial charge >= 0.3 is 0 Å². The molecule has 4 rings (SSSR count). The average molecular weight is 378 g/mol. The van der Waals surface area contributed by atoms with Crippen molar-refractivity contribution in [2.24, 2.45) is 5.92 Å². The highest BCUT2D eigenvalue weighted by Crippen LogP contribution is 2.22. The molecule has 7 nitrogen and oxygen atoms in total. The summed E-state index contributed by atoms with van der Waals surface area (Å²) < 4.78 is 1.84. The number of anilines is 1. The van der Waals surface area contributed by atoms with Crippen molar-refractivity contribution in [3.63, 3.8) is 0 Å². The normalized spacial score (nSPS) is 16.8. The summed E-state index contributed by atoms with van der Waals surface area (Å²) in [5, 5.41) is 8.13. The van der Waals surface area contributed by atoms with Crippen molar-refractivity contribution >= 4 is 17.4 Å². The van der Waals surface area contributed by atoms with Crippen LogP contribution >= 0.6 is 0 Å². The van der Waals surface area contributed by atoms with Crippen LogP contribution in [0.15, 0.2) is 42.9 Å². The molecule has 146 valence electrons. The molecule has 0 radical (unpaired) electrons. The van der Waals surface area contributed by atoms with Gasteiger partial charge in [0.1, 0.15) is 5.82 Å². The average Bonchev–Trinajstić information content (AvgIpc) is 3.33. The smallest absolute Gasteiger partial charge is 0.223 e. The summed E-state index contributed by atoms with van der Waals surface area (Å²) in [6.45, 7) is 5.75. The molecule has 0 aromatic carbocycles. The Kier molecular flexibility index (Phi) is 5.23. The maximum atomic E-state index is 12.5. The molecule has 0 spiro atoms. The molecule has 0 bridgehead atoms. The van der Waals surface area contributed by atoms with E-state index in [2.05, 4.69) is 29.1 Å². The fourth-order valence-electron chi connectivity index (χ4n) is 3.75. The fourth-order valence-corrected chi connectivity index (χ4v) is 3.75. The standard InChI is InChI=1S/C21H26N6O/c1-15(2)12-21(28)26-11-3-4-17(26)13-23-19-5-6-20-24-14-18(27(20)25-19)16-7-9-22-10-8-16/h5-10,14-15,17H,3-4,11-13H2,1-2H3,(H,23,25)/t17-/m0/s1. The highest BCUT2D eigenvalue weighted by atomic mass is 16.2. The number of hydrogen-bond donors (Lipinski definition) is 1. The number of amides is 1. The molecule has 3 aromatic heterocycles. The Hall–Kier alpha value is -2.96. The molecule has 28 heavy (non-hydrogen) atoms. The lowest BCUT2D eigenvalue weighted by molar-refractivity contribution is -0.132. The number of carbonyl (C=O) groups excluding carboxylic acids is 1. The van der Waals surface area contributed by atoms with Gasteiger partial charge in [-0.05, 0) is 43.0 Å². The molecule has 3 aromatic rings. The van der Waals surface area contributed by atoms with E-state index in [1.54, 1.807) is 12.4 Å². The molecule has 1 amide bonds. The van der Waals surface area contributed by atoms with Crippen molar-refractivity contribution in [2.75, 3.05) is 18.4 Å². The van der Waals surface area contributed by atoms with Crippen molar-refractivity contribution in [1.82, 2.24) is 24.5 Å². The van der Waals surface area contributed by atoms with Crippen LogP contribution in [0, 0.1) is 5.92 Å². The van der Waals surface area contributed by atoms with E-state index in [4.69, 9.17) is 5.10 Å². The molecule has 0 aliphatic carbocycles. The van der Waals surface area contributed by atoms with Gasteiger partial charge in [0.15, 0.2) is 5.65 Å². The second-order valence-electron chi connectivity index (χ2n) is 7.73. The molecule has 4 heterocycles. The van der Waals surface area contributed by atoms with E-state index in [0.717, 1.165) is 42.1 Å². The van der Waals surface area contributed by atoms with E-state index in [1.165, 1.54) is 0 Å². The van der Waals surface area contributed by atoms with E-state index in [0.29, 0.717) is 18.9 Å².